The first-order valence-corrected chi connectivity index (χ1v) is 5.80. The van der Waals surface area contributed by atoms with E-state index in [1.54, 1.807) is 0 Å². The fraction of sp³-hybridized carbons (Fsp3) is 0. The van der Waals surface area contributed by atoms with E-state index >= 15 is 0 Å². The van der Waals surface area contributed by atoms with Crippen LogP contribution in [0.25, 0.3) is 0 Å². The average molecular weight is 328 g/mol. The monoisotopic (exact) mass is 328 g/mol. The molecule has 108 valence electrons. The Morgan fingerprint density at radius 1 is 0.500 bits per heavy atom. The van der Waals surface area contributed by atoms with E-state index in [2.05, 4.69) is 25.3 Å². The van der Waals surface area contributed by atoms with E-state index in [0.717, 1.165) is 24.3 Å². The van der Waals surface area contributed by atoms with Crippen molar-refractivity contribution in [2.24, 2.45) is 0 Å². The van der Waals surface area contributed by atoms with Gasteiger partial charge in [0.1, 0.15) is 0 Å². The second-order valence-corrected chi connectivity index (χ2v) is 4.35. The Labute approximate surface area is 121 Å². The van der Waals surface area contributed by atoms with Gasteiger partial charge in [0.25, 0.3) is 0 Å². The van der Waals surface area contributed by atoms with Crippen LogP contribution in [-0.2, 0) is 0 Å². The van der Waals surface area contributed by atoms with Gasteiger partial charge in [-0.3, -0.25) is 0 Å². The molecule has 2 rings (SSSR count). The zero-order valence-corrected chi connectivity index (χ0v) is 11.3. The second-order valence-electron chi connectivity index (χ2n) is 3.39. The van der Waals surface area contributed by atoms with Crippen molar-refractivity contribution in [3.8, 4) is 0 Å². The first kappa shape index (κ1) is 16.8. The van der Waals surface area contributed by atoms with E-state index in [-0.39, 0.29) is 9.79 Å². The summed E-state index contributed by atoms with van der Waals surface area (Å²) in [5, 5.41) is 0. The molecule has 0 spiro atoms. The van der Waals surface area contributed by atoms with Gasteiger partial charge in [-0.15, -0.1) is 25.3 Å². The topological polar surface area (TPSA) is 0 Å². The summed E-state index contributed by atoms with van der Waals surface area (Å²) in [6.07, 6.45) is 0. The predicted octanol–water partition coefficient (Wildman–Crippen LogP) is 4.79. The molecule has 2 aromatic carbocycles. The zero-order valence-electron chi connectivity index (χ0n) is 9.47. The van der Waals surface area contributed by atoms with Crippen LogP contribution in [0.2, 0.25) is 0 Å². The SMILES string of the molecule is Fc1ccc(S)c(F)c1F.Fc1ccc(S)c(F)c1F. The Bertz CT molecular complexity index is 520. The van der Waals surface area contributed by atoms with Crippen LogP contribution in [0.5, 0.6) is 0 Å². The fourth-order valence-electron chi connectivity index (χ4n) is 1.03. The highest BCUT2D eigenvalue weighted by Gasteiger charge is 2.10. The highest BCUT2D eigenvalue weighted by Crippen LogP contribution is 2.18. The summed E-state index contributed by atoms with van der Waals surface area (Å²) in [5.41, 5.74) is 0. The molecule has 0 saturated heterocycles. The van der Waals surface area contributed by atoms with Crippen LogP contribution in [0.1, 0.15) is 0 Å². The Kier molecular flexibility index (Phi) is 5.82. The molecule has 0 aromatic heterocycles. The molecule has 0 bridgehead atoms. The lowest BCUT2D eigenvalue weighted by Crippen LogP contribution is -1.90. The van der Waals surface area contributed by atoms with Crippen molar-refractivity contribution in [2.45, 2.75) is 9.79 Å². The molecule has 0 atom stereocenters. The normalized spacial score (nSPS) is 10.0. The molecule has 0 aliphatic rings. The Balaban J connectivity index is 0.000000200. The summed E-state index contributed by atoms with van der Waals surface area (Å²) in [6.45, 7) is 0. The van der Waals surface area contributed by atoms with Gasteiger partial charge in [-0.1, -0.05) is 0 Å². The van der Waals surface area contributed by atoms with E-state index < -0.39 is 34.9 Å². The Morgan fingerprint density at radius 2 is 0.800 bits per heavy atom. The maximum atomic E-state index is 12.3. The van der Waals surface area contributed by atoms with Crippen LogP contribution in [-0.4, -0.2) is 0 Å². The Hall–Kier alpha value is -1.28. The van der Waals surface area contributed by atoms with Gasteiger partial charge in [0.15, 0.2) is 34.9 Å². The summed E-state index contributed by atoms with van der Waals surface area (Å²) in [4.78, 5) is -0.391. The van der Waals surface area contributed by atoms with Gasteiger partial charge >= 0.3 is 0 Å². The standard InChI is InChI=1S/2C6H3F3S/c2*7-3-1-2-4(10)6(9)5(3)8/h2*1-2,10H. The van der Waals surface area contributed by atoms with Gasteiger partial charge in [0, 0.05) is 9.79 Å². The van der Waals surface area contributed by atoms with E-state index in [9.17, 15) is 26.3 Å². The first-order chi connectivity index (χ1) is 9.25. The van der Waals surface area contributed by atoms with Crippen LogP contribution < -0.4 is 0 Å². The molecule has 0 N–H and O–H groups in total. The molecule has 0 aliphatic carbocycles. The number of thiol groups is 2. The molecule has 0 aliphatic heterocycles. The number of hydrogen-bond acceptors (Lipinski definition) is 2. The minimum absolute atomic E-state index is 0.195. The molecule has 0 heterocycles. The fourth-order valence-corrected chi connectivity index (χ4v) is 1.38. The maximum absolute atomic E-state index is 12.3. The summed E-state index contributed by atoms with van der Waals surface area (Å²) in [6, 6.07) is 3.75. The lowest BCUT2D eigenvalue weighted by atomic mass is 10.3. The molecule has 0 nitrogen and oxygen atoms in total. The van der Waals surface area contributed by atoms with E-state index in [4.69, 9.17) is 0 Å². The van der Waals surface area contributed by atoms with Crippen LogP contribution in [0.4, 0.5) is 26.3 Å². The van der Waals surface area contributed by atoms with Crippen molar-refractivity contribution < 1.29 is 26.3 Å². The van der Waals surface area contributed by atoms with Gasteiger partial charge in [-0.2, -0.15) is 0 Å². The molecule has 0 saturated carbocycles. The highest BCUT2D eigenvalue weighted by atomic mass is 32.1. The maximum Gasteiger partial charge on any atom is 0.195 e. The number of halogens is 6. The molecule has 8 heteroatoms. The minimum Gasteiger partial charge on any atom is -0.204 e. The zero-order chi connectivity index (χ0) is 15.4. The third-order valence-electron chi connectivity index (χ3n) is 2.03. The molecule has 20 heavy (non-hydrogen) atoms. The molecule has 0 radical (unpaired) electrons. The molecular formula is C12H6F6S2. The quantitative estimate of drug-likeness (QED) is 0.388. The first-order valence-electron chi connectivity index (χ1n) is 4.90. The predicted molar refractivity (Wildman–Crippen MR) is 67.1 cm³/mol. The van der Waals surface area contributed by atoms with Crippen molar-refractivity contribution in [1.82, 2.24) is 0 Å². The highest BCUT2D eigenvalue weighted by molar-refractivity contribution is 7.80. The lowest BCUT2D eigenvalue weighted by molar-refractivity contribution is 0.435. The molecule has 0 unspecified atom stereocenters. The molecule has 2 aromatic rings. The second kappa shape index (κ2) is 6.94. The Morgan fingerprint density at radius 3 is 1.05 bits per heavy atom. The van der Waals surface area contributed by atoms with Crippen molar-refractivity contribution in [3.63, 3.8) is 0 Å². The van der Waals surface area contributed by atoms with Gasteiger partial charge in [0.2, 0.25) is 0 Å². The largest absolute Gasteiger partial charge is 0.204 e. The number of rotatable bonds is 0. The van der Waals surface area contributed by atoms with Crippen molar-refractivity contribution in [1.29, 1.82) is 0 Å². The summed E-state index contributed by atoms with van der Waals surface area (Å²) in [5.74, 6) is -7.85. The lowest BCUT2D eigenvalue weighted by Gasteiger charge is -1.95. The van der Waals surface area contributed by atoms with Crippen molar-refractivity contribution >= 4 is 25.3 Å². The number of hydrogen-bond donors (Lipinski definition) is 2. The van der Waals surface area contributed by atoms with Gasteiger partial charge in [-0.25, -0.2) is 26.3 Å². The van der Waals surface area contributed by atoms with Crippen LogP contribution >= 0.6 is 25.3 Å². The van der Waals surface area contributed by atoms with Crippen LogP contribution in [0.15, 0.2) is 34.1 Å². The van der Waals surface area contributed by atoms with Crippen LogP contribution in [0, 0.1) is 34.9 Å². The summed E-state index contributed by atoms with van der Waals surface area (Å²) >= 11 is 7.07. The third kappa shape index (κ3) is 3.86. The average Bonchev–Trinajstić information content (AvgIpc) is 2.43. The molecule has 0 fully saturated rings. The van der Waals surface area contributed by atoms with E-state index in [0.29, 0.717) is 0 Å². The molecular weight excluding hydrogens is 322 g/mol. The summed E-state index contributed by atoms with van der Waals surface area (Å²) in [7, 11) is 0. The number of benzene rings is 2. The van der Waals surface area contributed by atoms with Gasteiger partial charge in [0.05, 0.1) is 0 Å². The molecule has 0 amide bonds. The summed E-state index contributed by atoms with van der Waals surface area (Å²) < 4.78 is 73.2. The van der Waals surface area contributed by atoms with Gasteiger partial charge < -0.3 is 0 Å². The minimum atomic E-state index is -1.48. The third-order valence-corrected chi connectivity index (χ3v) is 2.72. The van der Waals surface area contributed by atoms with E-state index in [1.165, 1.54) is 0 Å². The van der Waals surface area contributed by atoms with E-state index in [1.807, 2.05) is 0 Å². The smallest absolute Gasteiger partial charge is 0.195 e. The van der Waals surface area contributed by atoms with Crippen molar-refractivity contribution in [3.05, 3.63) is 59.2 Å². The van der Waals surface area contributed by atoms with Gasteiger partial charge in [-0.05, 0) is 24.3 Å². The van der Waals surface area contributed by atoms with Crippen LogP contribution in [0.3, 0.4) is 0 Å². The van der Waals surface area contributed by atoms with Crippen molar-refractivity contribution in [2.75, 3.05) is 0 Å².